The molecule has 0 N–H and O–H groups in total. The van der Waals surface area contributed by atoms with Gasteiger partial charge >= 0.3 is 7.12 Å². The first kappa shape index (κ1) is 20.1. The van der Waals surface area contributed by atoms with Gasteiger partial charge in [-0.25, -0.2) is 13.2 Å². The fourth-order valence-corrected chi connectivity index (χ4v) is 2.79. The summed E-state index contributed by atoms with van der Waals surface area (Å²) in [6, 6.07) is 1.26. The van der Waals surface area contributed by atoms with E-state index >= 15 is 0 Å². The molecule has 1 heterocycles. The number of carbonyl (C=O) groups is 1. The van der Waals surface area contributed by atoms with Crippen LogP contribution in [0.2, 0.25) is 0 Å². The highest BCUT2D eigenvalue weighted by molar-refractivity contribution is 8.13. The van der Waals surface area contributed by atoms with Crippen molar-refractivity contribution in [2.45, 2.75) is 45.8 Å². The van der Waals surface area contributed by atoms with Crippen LogP contribution in [0.1, 0.15) is 40.2 Å². The Kier molecular flexibility index (Phi) is 5.76. The molecular weight excluding hydrogens is 352 g/mol. The van der Waals surface area contributed by atoms with Crippen LogP contribution in [-0.4, -0.2) is 29.2 Å². The quantitative estimate of drug-likeness (QED) is 0.580. The Hall–Kier alpha value is -1.25. The summed E-state index contributed by atoms with van der Waals surface area (Å²) in [6.07, 6.45) is 1.34. The molecule has 3 nitrogen and oxygen atoms in total. The third-order valence-corrected chi connectivity index (χ3v) is 5.26. The van der Waals surface area contributed by atoms with Gasteiger partial charge in [0, 0.05) is 24.3 Å². The molecule has 1 aliphatic rings. The molecular formula is C17H20BF3O3S. The Balaban J connectivity index is 2.40. The number of thioether (sulfide) groups is 1. The molecule has 0 bridgehead atoms. The summed E-state index contributed by atoms with van der Waals surface area (Å²) in [7, 11) is -0.815. The van der Waals surface area contributed by atoms with Gasteiger partial charge in [0.2, 0.25) is 0 Å². The van der Waals surface area contributed by atoms with Crippen LogP contribution in [0.3, 0.4) is 0 Å². The molecule has 0 atom stereocenters. The zero-order valence-electron chi connectivity index (χ0n) is 14.8. The number of hydrogen-bond donors (Lipinski definition) is 0. The Morgan fingerprint density at radius 2 is 1.60 bits per heavy atom. The first-order chi connectivity index (χ1) is 11.4. The van der Waals surface area contributed by atoms with Crippen LogP contribution in [-0.2, 0) is 14.1 Å². The van der Waals surface area contributed by atoms with Crippen molar-refractivity contribution in [3.8, 4) is 0 Å². The standard InChI is InChI=1S/C17H20BF3O3S/c1-10(22)25-9-12(18-23-16(2,3)17(4,5)24-18)6-11-7-14(20)15(21)8-13(11)19/h6-8H,9H2,1-5H3. The van der Waals surface area contributed by atoms with Gasteiger partial charge in [-0.2, -0.15) is 0 Å². The molecule has 1 aliphatic heterocycles. The van der Waals surface area contributed by atoms with E-state index in [1.807, 2.05) is 27.7 Å². The van der Waals surface area contributed by atoms with Crippen molar-refractivity contribution in [2.24, 2.45) is 0 Å². The number of rotatable bonds is 4. The van der Waals surface area contributed by atoms with E-state index in [-0.39, 0.29) is 16.4 Å². The maximum Gasteiger partial charge on any atom is 0.491 e. The third-order valence-electron chi connectivity index (χ3n) is 4.38. The van der Waals surface area contributed by atoms with E-state index in [1.165, 1.54) is 13.0 Å². The predicted molar refractivity (Wildman–Crippen MR) is 93.5 cm³/mol. The molecule has 8 heteroatoms. The van der Waals surface area contributed by atoms with Crippen molar-refractivity contribution in [1.82, 2.24) is 0 Å². The van der Waals surface area contributed by atoms with E-state index in [4.69, 9.17) is 9.31 Å². The van der Waals surface area contributed by atoms with Gasteiger partial charge in [-0.15, -0.1) is 0 Å². The molecule has 25 heavy (non-hydrogen) atoms. The molecule has 0 amide bonds. The molecule has 0 spiro atoms. The second kappa shape index (κ2) is 7.17. The number of benzene rings is 1. The highest BCUT2D eigenvalue weighted by atomic mass is 32.2. The van der Waals surface area contributed by atoms with Gasteiger partial charge in [-0.05, 0) is 39.2 Å². The smallest absolute Gasteiger partial charge is 0.400 e. The molecule has 0 unspecified atom stereocenters. The Labute approximate surface area is 150 Å². The van der Waals surface area contributed by atoms with Gasteiger partial charge in [-0.1, -0.05) is 17.8 Å². The number of carbonyl (C=O) groups excluding carboxylic acids is 1. The van der Waals surface area contributed by atoms with E-state index in [2.05, 4.69) is 0 Å². The van der Waals surface area contributed by atoms with Crippen LogP contribution in [0.4, 0.5) is 13.2 Å². The lowest BCUT2D eigenvalue weighted by Gasteiger charge is -2.32. The molecule has 0 saturated carbocycles. The van der Waals surface area contributed by atoms with Crippen molar-refractivity contribution in [3.05, 3.63) is 40.6 Å². The molecule has 0 aromatic heterocycles. The van der Waals surface area contributed by atoms with Crippen LogP contribution < -0.4 is 0 Å². The minimum Gasteiger partial charge on any atom is -0.400 e. The molecule has 1 fully saturated rings. The minimum absolute atomic E-state index is 0.131. The van der Waals surface area contributed by atoms with E-state index in [0.29, 0.717) is 11.5 Å². The van der Waals surface area contributed by atoms with Gasteiger partial charge < -0.3 is 9.31 Å². The topological polar surface area (TPSA) is 35.5 Å². The Morgan fingerprint density at radius 3 is 2.12 bits per heavy atom. The highest BCUT2D eigenvalue weighted by Crippen LogP contribution is 2.39. The number of hydrogen-bond acceptors (Lipinski definition) is 4. The van der Waals surface area contributed by atoms with Gasteiger partial charge in [-0.3, -0.25) is 4.79 Å². The lowest BCUT2D eigenvalue weighted by molar-refractivity contribution is -0.109. The van der Waals surface area contributed by atoms with E-state index in [1.54, 1.807) is 0 Å². The van der Waals surface area contributed by atoms with Crippen LogP contribution in [0.5, 0.6) is 0 Å². The lowest BCUT2D eigenvalue weighted by Crippen LogP contribution is -2.41. The molecule has 2 rings (SSSR count). The maximum absolute atomic E-state index is 14.0. The van der Waals surface area contributed by atoms with Gasteiger partial charge in [0.1, 0.15) is 5.82 Å². The molecule has 0 radical (unpaired) electrons. The van der Waals surface area contributed by atoms with Crippen LogP contribution in [0.15, 0.2) is 17.6 Å². The second-order valence-corrected chi connectivity index (χ2v) is 8.03. The highest BCUT2D eigenvalue weighted by Gasteiger charge is 2.52. The average Bonchev–Trinajstić information content (AvgIpc) is 2.68. The zero-order valence-corrected chi connectivity index (χ0v) is 15.6. The first-order valence-electron chi connectivity index (χ1n) is 7.77. The summed E-state index contributed by atoms with van der Waals surface area (Å²) >= 11 is 1.00. The van der Waals surface area contributed by atoms with Gasteiger partial charge in [0.15, 0.2) is 16.7 Å². The molecule has 136 valence electrons. The largest absolute Gasteiger partial charge is 0.491 e. The molecule has 1 aromatic rings. The summed E-state index contributed by atoms with van der Waals surface area (Å²) in [5.41, 5.74) is -0.911. The van der Waals surface area contributed by atoms with E-state index in [9.17, 15) is 18.0 Å². The van der Waals surface area contributed by atoms with Crippen molar-refractivity contribution in [2.75, 3.05) is 5.75 Å². The summed E-state index contributed by atoms with van der Waals surface area (Å²) in [5.74, 6) is -3.13. The van der Waals surface area contributed by atoms with Gasteiger partial charge in [0.05, 0.1) is 11.2 Å². The second-order valence-electron chi connectivity index (χ2n) is 6.88. The minimum atomic E-state index is -1.26. The molecule has 0 aliphatic carbocycles. The average molecular weight is 372 g/mol. The monoisotopic (exact) mass is 372 g/mol. The van der Waals surface area contributed by atoms with Crippen molar-refractivity contribution < 1.29 is 27.3 Å². The summed E-state index contributed by atoms with van der Waals surface area (Å²) in [6.45, 7) is 8.86. The van der Waals surface area contributed by atoms with E-state index < -0.39 is 35.8 Å². The zero-order chi connectivity index (χ0) is 19.0. The van der Waals surface area contributed by atoms with E-state index in [0.717, 1.165) is 17.8 Å². The van der Waals surface area contributed by atoms with Crippen LogP contribution >= 0.6 is 11.8 Å². The maximum atomic E-state index is 14.0. The predicted octanol–water partition coefficient (Wildman–Crippen LogP) is 4.40. The third kappa shape index (κ3) is 4.48. The Morgan fingerprint density at radius 1 is 1.08 bits per heavy atom. The molecule has 1 aromatic carbocycles. The fraction of sp³-hybridized carbons (Fsp3) is 0.471. The van der Waals surface area contributed by atoms with Crippen LogP contribution in [0, 0.1) is 17.5 Å². The van der Waals surface area contributed by atoms with Crippen molar-refractivity contribution >= 4 is 30.1 Å². The first-order valence-corrected chi connectivity index (χ1v) is 8.75. The lowest BCUT2D eigenvalue weighted by atomic mass is 9.78. The number of halogens is 3. The summed E-state index contributed by atoms with van der Waals surface area (Å²) in [4.78, 5) is 11.3. The normalized spacial score (nSPS) is 19.4. The van der Waals surface area contributed by atoms with Crippen molar-refractivity contribution in [3.63, 3.8) is 0 Å². The SMILES string of the molecule is CC(=O)SCC(=Cc1cc(F)c(F)cc1F)B1OC(C)(C)C(C)(C)O1. The molecule has 1 saturated heterocycles. The summed E-state index contributed by atoms with van der Waals surface area (Å²) < 4.78 is 52.4. The van der Waals surface area contributed by atoms with Gasteiger partial charge in [0.25, 0.3) is 0 Å². The Bertz CT molecular complexity index is 703. The van der Waals surface area contributed by atoms with Crippen molar-refractivity contribution in [1.29, 1.82) is 0 Å². The fourth-order valence-electron chi connectivity index (χ4n) is 2.21. The van der Waals surface area contributed by atoms with Crippen LogP contribution in [0.25, 0.3) is 6.08 Å². The summed E-state index contributed by atoms with van der Waals surface area (Å²) in [5, 5.41) is -0.131.